The third kappa shape index (κ3) is 4.75. The predicted octanol–water partition coefficient (Wildman–Crippen LogP) is 3.65. The summed E-state index contributed by atoms with van der Waals surface area (Å²) in [4.78, 5) is 28.8. The number of aromatic nitrogens is 2. The van der Waals surface area contributed by atoms with Crippen molar-refractivity contribution in [3.05, 3.63) is 63.2 Å². The van der Waals surface area contributed by atoms with Gasteiger partial charge in [0.25, 0.3) is 11.5 Å². The van der Waals surface area contributed by atoms with Crippen molar-refractivity contribution in [1.29, 1.82) is 0 Å². The maximum absolute atomic E-state index is 13.5. The largest absolute Gasteiger partial charge is 0.496 e. The van der Waals surface area contributed by atoms with Crippen LogP contribution in [0.2, 0.25) is 0 Å². The lowest BCUT2D eigenvalue weighted by Gasteiger charge is -2.35. The Kier molecular flexibility index (Phi) is 7.13. The number of sulfonamides is 1. The number of piperidine rings is 1. The molecule has 2 aliphatic rings. The number of hydrogen-bond donors (Lipinski definition) is 2. The molecule has 0 radical (unpaired) electrons. The molecule has 1 amide bonds. The van der Waals surface area contributed by atoms with Gasteiger partial charge in [0, 0.05) is 41.4 Å². The summed E-state index contributed by atoms with van der Waals surface area (Å²) in [6, 6.07) is 9.69. The Morgan fingerprint density at radius 1 is 1.16 bits per heavy atom. The van der Waals surface area contributed by atoms with Gasteiger partial charge in [-0.25, -0.2) is 12.7 Å². The Balaban J connectivity index is 1.39. The molecule has 3 heterocycles. The Labute approximate surface area is 223 Å². The number of H-pyrrole nitrogens is 1. The number of nitrogens with one attached hydrogen (secondary N) is 2. The second kappa shape index (κ2) is 10.2. The number of pyridine rings is 1. The second-order valence-electron chi connectivity index (χ2n) is 10.6. The Morgan fingerprint density at radius 3 is 2.50 bits per heavy atom. The molecule has 1 saturated heterocycles. The lowest BCUT2D eigenvalue weighted by molar-refractivity contribution is 0.0951. The van der Waals surface area contributed by atoms with Crippen molar-refractivity contribution in [2.24, 2.45) is 5.92 Å². The van der Waals surface area contributed by atoms with E-state index in [0.29, 0.717) is 41.6 Å². The first kappa shape index (κ1) is 26.5. The van der Waals surface area contributed by atoms with Gasteiger partial charge in [0.1, 0.15) is 5.75 Å². The van der Waals surface area contributed by atoms with Gasteiger partial charge in [-0.1, -0.05) is 18.2 Å². The molecule has 0 spiro atoms. The number of aromatic amines is 1. The molecule has 1 saturated carbocycles. The van der Waals surface area contributed by atoms with Crippen LogP contribution in [0.15, 0.2) is 35.1 Å². The molecule has 10 heteroatoms. The minimum atomic E-state index is -3.15. The monoisotopic (exact) mass is 540 g/mol. The average molecular weight is 541 g/mol. The van der Waals surface area contributed by atoms with Gasteiger partial charge in [0.15, 0.2) is 0 Å². The molecule has 1 aliphatic carbocycles. The molecule has 3 aromatic rings. The van der Waals surface area contributed by atoms with Crippen LogP contribution in [0.25, 0.3) is 10.9 Å². The van der Waals surface area contributed by atoms with Crippen molar-refractivity contribution in [3.63, 3.8) is 0 Å². The van der Waals surface area contributed by atoms with E-state index < -0.39 is 10.0 Å². The number of ether oxygens (including phenoxy) is 1. The van der Waals surface area contributed by atoms with Gasteiger partial charge in [-0.2, -0.15) is 0 Å². The lowest BCUT2D eigenvalue weighted by Crippen LogP contribution is -2.41. The van der Waals surface area contributed by atoms with E-state index in [1.54, 1.807) is 17.3 Å². The molecule has 2 aromatic heterocycles. The van der Waals surface area contributed by atoms with Crippen molar-refractivity contribution in [2.75, 3.05) is 20.2 Å². The number of carbonyl (C=O) groups is 1. The number of rotatable bonds is 8. The zero-order valence-corrected chi connectivity index (χ0v) is 23.2. The highest BCUT2D eigenvalue weighted by atomic mass is 32.2. The molecule has 5 rings (SSSR count). The fraction of sp³-hybridized carbons (Fsp3) is 0.500. The predicted molar refractivity (Wildman–Crippen MR) is 147 cm³/mol. The van der Waals surface area contributed by atoms with Crippen molar-refractivity contribution >= 4 is 26.8 Å². The number of methoxy groups -OCH3 is 1. The number of nitrogens with zero attached hydrogens (tertiary/aromatic N) is 2. The van der Waals surface area contributed by atoms with E-state index in [-0.39, 0.29) is 29.3 Å². The van der Waals surface area contributed by atoms with E-state index in [9.17, 15) is 18.0 Å². The molecular formula is C28H36N4O5S. The highest BCUT2D eigenvalue weighted by Crippen LogP contribution is 2.38. The first-order chi connectivity index (χ1) is 18.1. The maximum Gasteiger partial charge on any atom is 0.256 e. The van der Waals surface area contributed by atoms with Crippen LogP contribution in [0.1, 0.15) is 66.0 Å². The van der Waals surface area contributed by atoms with Crippen LogP contribution in [0.3, 0.4) is 0 Å². The summed E-state index contributed by atoms with van der Waals surface area (Å²) in [5.41, 5.74) is 3.18. The summed E-state index contributed by atoms with van der Waals surface area (Å²) in [6.45, 7) is 7.03. The summed E-state index contributed by atoms with van der Waals surface area (Å²) in [6.07, 6.45) is 3.14. The summed E-state index contributed by atoms with van der Waals surface area (Å²) >= 11 is 0. The zero-order valence-electron chi connectivity index (χ0n) is 22.4. The van der Waals surface area contributed by atoms with Crippen LogP contribution in [0.4, 0.5) is 0 Å². The summed E-state index contributed by atoms with van der Waals surface area (Å²) in [5.74, 6) is 0.479. The number of aryl methyl sites for hydroxylation is 1. The smallest absolute Gasteiger partial charge is 0.256 e. The Hall–Kier alpha value is -3.11. The second-order valence-corrected chi connectivity index (χ2v) is 12.8. The quantitative estimate of drug-likeness (QED) is 0.453. The Morgan fingerprint density at radius 2 is 1.84 bits per heavy atom. The summed E-state index contributed by atoms with van der Waals surface area (Å²) in [7, 11) is -1.65. The van der Waals surface area contributed by atoms with E-state index in [2.05, 4.69) is 21.8 Å². The molecule has 0 bridgehead atoms. The molecule has 1 aromatic carbocycles. The fourth-order valence-corrected chi connectivity index (χ4v) is 7.77. The van der Waals surface area contributed by atoms with E-state index >= 15 is 0 Å². The topological polar surface area (TPSA) is 114 Å². The molecule has 204 valence electrons. The highest BCUT2D eigenvalue weighted by Gasteiger charge is 2.42. The first-order valence-corrected chi connectivity index (χ1v) is 14.8. The molecular weight excluding hydrogens is 504 g/mol. The van der Waals surface area contributed by atoms with Gasteiger partial charge in [0.05, 0.1) is 30.0 Å². The van der Waals surface area contributed by atoms with Gasteiger partial charge in [0.2, 0.25) is 10.0 Å². The van der Waals surface area contributed by atoms with Crippen LogP contribution in [0.5, 0.6) is 5.75 Å². The number of carbonyl (C=O) groups excluding carboxylic acids is 1. The van der Waals surface area contributed by atoms with E-state index in [1.165, 1.54) is 7.11 Å². The number of amides is 1. The number of hydrogen-bond acceptors (Lipinski definition) is 5. The van der Waals surface area contributed by atoms with Gasteiger partial charge >= 0.3 is 0 Å². The van der Waals surface area contributed by atoms with E-state index in [0.717, 1.165) is 42.3 Å². The van der Waals surface area contributed by atoms with Crippen LogP contribution in [-0.2, 0) is 16.6 Å². The van der Waals surface area contributed by atoms with E-state index in [4.69, 9.17) is 4.74 Å². The molecule has 1 aliphatic heterocycles. The van der Waals surface area contributed by atoms with Crippen LogP contribution in [-0.4, -0.2) is 53.6 Å². The van der Waals surface area contributed by atoms with Gasteiger partial charge < -0.3 is 19.6 Å². The standard InChI is InChI=1S/C28H36N4O5S/c1-17-15-25(37-4)23(27(33)30-17)16-29-28(34)26-19(3)32(24-8-6-5-7-22(24)26)18(2)20-11-13-31(14-12-20)38(35,36)21-9-10-21/h5-8,15,18,20-21H,9-14,16H2,1-4H3,(H,29,34)(H,30,33)/t18-/m1/s1. The van der Waals surface area contributed by atoms with E-state index in [1.807, 2.05) is 31.2 Å². The third-order valence-electron chi connectivity index (χ3n) is 8.15. The van der Waals surface area contributed by atoms with Crippen LogP contribution in [0, 0.1) is 19.8 Å². The lowest BCUT2D eigenvalue weighted by atomic mass is 9.91. The Bertz CT molecular complexity index is 1530. The number of para-hydroxylation sites is 1. The first-order valence-electron chi connectivity index (χ1n) is 13.3. The van der Waals surface area contributed by atoms with Crippen LogP contribution >= 0.6 is 0 Å². The third-order valence-corrected chi connectivity index (χ3v) is 10.6. The number of fused-ring (bicyclic) bond motifs is 1. The summed E-state index contributed by atoms with van der Waals surface area (Å²) < 4.78 is 34.6. The van der Waals surface area contributed by atoms with Gasteiger partial charge in [-0.05, 0) is 64.5 Å². The van der Waals surface area contributed by atoms with Crippen molar-refractivity contribution < 1.29 is 17.9 Å². The van der Waals surface area contributed by atoms with Gasteiger partial charge in [-0.3, -0.25) is 9.59 Å². The maximum atomic E-state index is 13.5. The normalized spacial score (nSPS) is 18.0. The minimum Gasteiger partial charge on any atom is -0.496 e. The fourth-order valence-electron chi connectivity index (χ4n) is 5.90. The zero-order chi connectivity index (χ0) is 27.2. The minimum absolute atomic E-state index is 0.0417. The van der Waals surface area contributed by atoms with Crippen molar-refractivity contribution in [3.8, 4) is 5.75 Å². The summed E-state index contributed by atoms with van der Waals surface area (Å²) in [5, 5.41) is 3.61. The van der Waals surface area contributed by atoms with Crippen molar-refractivity contribution in [1.82, 2.24) is 19.2 Å². The molecule has 1 atom stereocenters. The highest BCUT2D eigenvalue weighted by molar-refractivity contribution is 7.90. The molecule has 2 N–H and O–H groups in total. The van der Waals surface area contributed by atoms with Crippen molar-refractivity contribution in [2.45, 2.75) is 64.3 Å². The SMILES string of the molecule is COc1cc(C)[nH]c(=O)c1CNC(=O)c1c(C)n([C@H](C)C2CCN(S(=O)(=O)C3CC3)CC2)c2ccccc12. The molecule has 9 nitrogen and oxygen atoms in total. The average Bonchev–Trinajstić information content (AvgIpc) is 3.71. The van der Waals surface area contributed by atoms with Gasteiger partial charge in [-0.15, -0.1) is 0 Å². The number of benzene rings is 1. The molecule has 0 unspecified atom stereocenters. The molecule has 38 heavy (non-hydrogen) atoms. The molecule has 2 fully saturated rings. The van der Waals surface area contributed by atoms with Crippen LogP contribution < -0.4 is 15.6 Å².